The molecule has 0 unspecified atom stereocenters. The summed E-state index contributed by atoms with van der Waals surface area (Å²) >= 11 is 0. The van der Waals surface area contributed by atoms with Crippen molar-refractivity contribution in [1.82, 2.24) is 0 Å². The molecule has 0 saturated heterocycles. The lowest BCUT2D eigenvalue weighted by atomic mass is 9.77. The molecular formula is C22H21NO3. The van der Waals surface area contributed by atoms with Gasteiger partial charge in [-0.1, -0.05) is 56.3 Å². The number of hydrogen-bond acceptors (Lipinski definition) is 4. The van der Waals surface area contributed by atoms with E-state index in [1.54, 1.807) is 36.4 Å². The van der Waals surface area contributed by atoms with Crippen LogP contribution in [0.5, 0.6) is 0 Å². The number of benzene rings is 2. The monoisotopic (exact) mass is 347 g/mol. The van der Waals surface area contributed by atoms with Crippen molar-refractivity contribution in [3.63, 3.8) is 0 Å². The number of ketones is 2. The zero-order valence-corrected chi connectivity index (χ0v) is 14.9. The largest absolute Gasteiger partial charge is 0.511 e. The average molecular weight is 347 g/mol. The topological polar surface area (TPSA) is 66.7 Å². The number of aliphatic imine (C=N–C) groups is 1. The van der Waals surface area contributed by atoms with Gasteiger partial charge in [0.25, 0.3) is 0 Å². The van der Waals surface area contributed by atoms with Crippen molar-refractivity contribution >= 4 is 23.5 Å². The zero-order chi connectivity index (χ0) is 18.7. The number of para-hydroxylation sites is 1. The third kappa shape index (κ3) is 3.80. The smallest absolute Gasteiger partial charge is 0.195 e. The first-order valence-corrected chi connectivity index (χ1v) is 8.55. The van der Waals surface area contributed by atoms with E-state index in [0.29, 0.717) is 29.7 Å². The fourth-order valence-electron chi connectivity index (χ4n) is 3.11. The zero-order valence-electron chi connectivity index (χ0n) is 14.9. The molecule has 0 aliphatic heterocycles. The molecule has 0 bridgehead atoms. The molecule has 1 aliphatic rings. The first-order chi connectivity index (χ1) is 12.4. The van der Waals surface area contributed by atoms with Crippen LogP contribution in [0.2, 0.25) is 0 Å². The van der Waals surface area contributed by atoms with Gasteiger partial charge >= 0.3 is 0 Å². The molecule has 3 rings (SSSR count). The first kappa shape index (κ1) is 17.8. The van der Waals surface area contributed by atoms with Crippen LogP contribution in [0.3, 0.4) is 0 Å². The van der Waals surface area contributed by atoms with Crippen molar-refractivity contribution < 1.29 is 14.7 Å². The molecule has 4 heteroatoms. The SMILES string of the molecule is CC1(C)CC(=O)C(C=Nc2ccccc2C(=O)c2ccccc2)=C(O)C1. The predicted octanol–water partition coefficient (Wildman–Crippen LogP) is 4.82. The van der Waals surface area contributed by atoms with Crippen molar-refractivity contribution in [3.05, 3.63) is 77.1 Å². The summed E-state index contributed by atoms with van der Waals surface area (Å²) in [5.74, 6) is -0.205. The molecule has 0 saturated carbocycles. The van der Waals surface area contributed by atoms with Gasteiger partial charge in [0.2, 0.25) is 0 Å². The molecule has 1 aliphatic carbocycles. The second-order valence-corrected chi connectivity index (χ2v) is 7.27. The van der Waals surface area contributed by atoms with Gasteiger partial charge in [-0.2, -0.15) is 0 Å². The molecule has 132 valence electrons. The summed E-state index contributed by atoms with van der Waals surface area (Å²) in [5, 5.41) is 10.2. The third-order valence-electron chi connectivity index (χ3n) is 4.41. The minimum absolute atomic E-state index is 0.0573. The second-order valence-electron chi connectivity index (χ2n) is 7.27. The predicted molar refractivity (Wildman–Crippen MR) is 102 cm³/mol. The Labute approximate surface area is 152 Å². The Morgan fingerprint density at radius 1 is 1.04 bits per heavy atom. The quantitative estimate of drug-likeness (QED) is 0.637. The fourth-order valence-corrected chi connectivity index (χ4v) is 3.11. The van der Waals surface area contributed by atoms with Crippen LogP contribution in [0.4, 0.5) is 5.69 Å². The van der Waals surface area contributed by atoms with Crippen LogP contribution >= 0.6 is 0 Å². The number of rotatable bonds is 4. The number of hydrogen-bond donors (Lipinski definition) is 1. The minimum atomic E-state index is -0.250. The van der Waals surface area contributed by atoms with Gasteiger partial charge in [-0.25, -0.2) is 0 Å². The molecule has 0 amide bonds. The molecule has 0 fully saturated rings. The highest BCUT2D eigenvalue weighted by molar-refractivity contribution is 6.16. The van der Waals surface area contributed by atoms with Crippen molar-refractivity contribution in [2.75, 3.05) is 0 Å². The van der Waals surface area contributed by atoms with Crippen molar-refractivity contribution in [3.8, 4) is 0 Å². The van der Waals surface area contributed by atoms with E-state index in [1.165, 1.54) is 6.21 Å². The number of nitrogens with zero attached hydrogens (tertiary/aromatic N) is 1. The Kier molecular flexibility index (Phi) is 4.85. The maximum atomic E-state index is 12.7. The van der Waals surface area contributed by atoms with Crippen LogP contribution in [0.15, 0.2) is 70.9 Å². The summed E-state index contributed by atoms with van der Waals surface area (Å²) in [5.41, 5.74) is 1.48. The van der Waals surface area contributed by atoms with E-state index < -0.39 is 0 Å². The summed E-state index contributed by atoms with van der Waals surface area (Å²) in [6.07, 6.45) is 2.18. The van der Waals surface area contributed by atoms with E-state index in [2.05, 4.69) is 4.99 Å². The lowest BCUT2D eigenvalue weighted by molar-refractivity contribution is -0.117. The Hall–Kier alpha value is -3.01. The van der Waals surface area contributed by atoms with E-state index in [4.69, 9.17) is 0 Å². The third-order valence-corrected chi connectivity index (χ3v) is 4.41. The average Bonchev–Trinajstić information content (AvgIpc) is 2.60. The number of aliphatic hydroxyl groups excluding tert-OH is 1. The standard InChI is InChI=1S/C22H21NO3/c1-22(2)12-19(24)17(20(25)13-22)14-23-18-11-7-6-10-16(18)21(26)15-8-4-3-5-9-15/h3-11,14,24H,12-13H2,1-2H3. The fraction of sp³-hybridized carbons (Fsp3) is 0.227. The Balaban J connectivity index is 1.93. The molecule has 4 nitrogen and oxygen atoms in total. The molecule has 2 aromatic carbocycles. The Morgan fingerprint density at radius 2 is 1.69 bits per heavy atom. The normalized spacial score (nSPS) is 16.9. The maximum absolute atomic E-state index is 12.7. The van der Waals surface area contributed by atoms with Crippen molar-refractivity contribution in [2.24, 2.45) is 10.4 Å². The molecule has 0 radical (unpaired) electrons. The maximum Gasteiger partial charge on any atom is 0.195 e. The van der Waals surface area contributed by atoms with Crippen LogP contribution in [0.1, 0.15) is 42.6 Å². The van der Waals surface area contributed by atoms with Crippen molar-refractivity contribution in [2.45, 2.75) is 26.7 Å². The van der Waals surface area contributed by atoms with E-state index in [0.717, 1.165) is 0 Å². The van der Waals surface area contributed by atoms with E-state index in [-0.39, 0.29) is 28.3 Å². The lowest BCUT2D eigenvalue weighted by Gasteiger charge is -2.28. The van der Waals surface area contributed by atoms with Gasteiger partial charge in [0.15, 0.2) is 11.6 Å². The summed E-state index contributed by atoms with van der Waals surface area (Å²) in [6, 6.07) is 16.0. The van der Waals surface area contributed by atoms with E-state index in [1.807, 2.05) is 32.0 Å². The van der Waals surface area contributed by atoms with Crippen LogP contribution in [0, 0.1) is 5.41 Å². The molecule has 26 heavy (non-hydrogen) atoms. The number of carbonyl (C=O) groups is 2. The van der Waals surface area contributed by atoms with E-state index >= 15 is 0 Å². The van der Waals surface area contributed by atoms with Gasteiger partial charge < -0.3 is 5.11 Å². The molecule has 0 aromatic heterocycles. The van der Waals surface area contributed by atoms with Gasteiger partial charge in [-0.3, -0.25) is 14.6 Å². The van der Waals surface area contributed by atoms with E-state index in [9.17, 15) is 14.7 Å². The number of Topliss-reactive ketones (excluding diaryl/α,β-unsaturated/α-hetero) is 1. The summed E-state index contributed by atoms with van der Waals surface area (Å²) < 4.78 is 0. The number of carbonyl (C=O) groups excluding carboxylic acids is 2. The van der Waals surface area contributed by atoms with Gasteiger partial charge in [0, 0.05) is 30.2 Å². The summed E-state index contributed by atoms with van der Waals surface area (Å²) in [7, 11) is 0. The first-order valence-electron chi connectivity index (χ1n) is 8.55. The van der Waals surface area contributed by atoms with Crippen LogP contribution < -0.4 is 0 Å². The second kappa shape index (κ2) is 7.08. The van der Waals surface area contributed by atoms with Gasteiger partial charge in [-0.15, -0.1) is 0 Å². The minimum Gasteiger partial charge on any atom is -0.511 e. The highest BCUT2D eigenvalue weighted by atomic mass is 16.3. The summed E-state index contributed by atoms with van der Waals surface area (Å²) in [6.45, 7) is 3.89. The lowest BCUT2D eigenvalue weighted by Crippen LogP contribution is -2.26. The van der Waals surface area contributed by atoms with Crippen LogP contribution in [0.25, 0.3) is 0 Å². The summed E-state index contributed by atoms with van der Waals surface area (Å²) in [4.78, 5) is 29.4. The molecule has 0 heterocycles. The number of aliphatic hydroxyl groups is 1. The highest BCUT2D eigenvalue weighted by Crippen LogP contribution is 2.35. The Morgan fingerprint density at radius 3 is 2.38 bits per heavy atom. The molecular weight excluding hydrogens is 326 g/mol. The molecule has 1 N–H and O–H groups in total. The van der Waals surface area contributed by atoms with Crippen LogP contribution in [-0.2, 0) is 4.79 Å². The van der Waals surface area contributed by atoms with Crippen molar-refractivity contribution in [1.29, 1.82) is 0 Å². The Bertz CT molecular complexity index is 908. The van der Waals surface area contributed by atoms with Crippen LogP contribution in [-0.4, -0.2) is 22.9 Å². The highest BCUT2D eigenvalue weighted by Gasteiger charge is 2.32. The molecule has 2 aromatic rings. The van der Waals surface area contributed by atoms with Gasteiger partial charge in [0.05, 0.1) is 11.3 Å². The van der Waals surface area contributed by atoms with Gasteiger partial charge in [0.1, 0.15) is 5.76 Å². The number of allylic oxidation sites excluding steroid dienone is 2. The van der Waals surface area contributed by atoms with Gasteiger partial charge in [-0.05, 0) is 17.5 Å². The molecule has 0 atom stereocenters. The molecule has 0 spiro atoms.